The molecule has 0 saturated heterocycles. The zero-order valence-corrected chi connectivity index (χ0v) is 17.2. The largest absolute Gasteiger partial charge is 0.344 e. The molecule has 3 aromatic rings. The van der Waals surface area contributed by atoms with Crippen LogP contribution < -0.4 is 5.32 Å². The molecule has 0 bridgehead atoms. The van der Waals surface area contributed by atoms with Gasteiger partial charge in [-0.3, -0.25) is 4.79 Å². The number of fused-ring (bicyclic) bond motifs is 1. The number of benzene rings is 1. The van der Waals surface area contributed by atoms with Gasteiger partial charge in [0, 0.05) is 41.0 Å². The second-order valence-electron chi connectivity index (χ2n) is 6.30. The van der Waals surface area contributed by atoms with Gasteiger partial charge >= 0.3 is 0 Å². The normalized spacial score (nSPS) is 12.9. The van der Waals surface area contributed by atoms with Crippen LogP contribution in [0.25, 0.3) is 10.9 Å². The molecule has 3 rings (SSSR count). The van der Waals surface area contributed by atoms with E-state index in [1.807, 2.05) is 6.07 Å². The second kappa shape index (κ2) is 7.14. The van der Waals surface area contributed by atoms with Crippen LogP contribution in [0, 0.1) is 0 Å². The van der Waals surface area contributed by atoms with Crippen molar-refractivity contribution in [1.82, 2.24) is 14.9 Å². The fourth-order valence-corrected chi connectivity index (χ4v) is 3.94. The van der Waals surface area contributed by atoms with Gasteiger partial charge in [-0.25, -0.2) is 13.4 Å². The molecule has 27 heavy (non-hydrogen) atoms. The van der Waals surface area contributed by atoms with Gasteiger partial charge in [-0.1, -0.05) is 29.3 Å². The number of pyridine rings is 1. The first-order valence-electron chi connectivity index (χ1n) is 7.99. The summed E-state index contributed by atoms with van der Waals surface area (Å²) in [5.41, 5.74) is 1.84. The number of aryl methyl sites for hydroxylation is 1. The van der Waals surface area contributed by atoms with E-state index in [9.17, 15) is 13.2 Å². The van der Waals surface area contributed by atoms with Gasteiger partial charge in [-0.05, 0) is 31.2 Å². The number of nitrogens with one attached hydrogen (secondary N) is 1. The first-order valence-corrected chi connectivity index (χ1v) is 10.6. The number of hydrogen-bond acceptors (Lipinski definition) is 4. The Bertz CT molecular complexity index is 1160. The summed E-state index contributed by atoms with van der Waals surface area (Å²) in [6.45, 7) is 1.75. The summed E-state index contributed by atoms with van der Waals surface area (Å²) in [4.78, 5) is 16.6. The standard InChI is InChI=1S/C18H17Cl2N3O3S/c1-10(13-9-21-17(8-14(13)20)27(3,25)26)22-18(24)16-6-11-4-5-12(19)7-15(11)23(16)2/h4-10H,1-3H3,(H,22,24). The number of aromatic nitrogens is 2. The number of hydrogen-bond donors (Lipinski definition) is 1. The minimum absolute atomic E-state index is 0.111. The van der Waals surface area contributed by atoms with Gasteiger partial charge in [0.2, 0.25) is 0 Å². The topological polar surface area (TPSA) is 81.1 Å². The van der Waals surface area contributed by atoms with Crippen LogP contribution in [-0.4, -0.2) is 30.1 Å². The maximum absolute atomic E-state index is 12.7. The predicted octanol–water partition coefficient (Wildman–Crippen LogP) is 3.77. The molecule has 0 aliphatic heterocycles. The second-order valence-corrected chi connectivity index (χ2v) is 9.11. The van der Waals surface area contributed by atoms with Crippen molar-refractivity contribution in [3.05, 3.63) is 57.8 Å². The van der Waals surface area contributed by atoms with Crippen LogP contribution in [-0.2, 0) is 16.9 Å². The minimum atomic E-state index is -3.45. The molecule has 0 aliphatic carbocycles. The lowest BCUT2D eigenvalue weighted by atomic mass is 10.1. The van der Waals surface area contributed by atoms with Gasteiger partial charge in [-0.15, -0.1) is 0 Å². The summed E-state index contributed by atoms with van der Waals surface area (Å²) in [5, 5.41) is 4.47. The highest BCUT2D eigenvalue weighted by molar-refractivity contribution is 7.90. The van der Waals surface area contributed by atoms with Crippen molar-refractivity contribution in [2.45, 2.75) is 18.0 Å². The number of carbonyl (C=O) groups is 1. The van der Waals surface area contributed by atoms with Crippen molar-refractivity contribution in [3.63, 3.8) is 0 Å². The van der Waals surface area contributed by atoms with Crippen molar-refractivity contribution in [3.8, 4) is 0 Å². The summed E-state index contributed by atoms with van der Waals surface area (Å²) in [5.74, 6) is -0.291. The highest BCUT2D eigenvalue weighted by Crippen LogP contribution is 2.26. The lowest BCUT2D eigenvalue weighted by Gasteiger charge is -2.16. The number of amides is 1. The van der Waals surface area contributed by atoms with E-state index in [0.717, 1.165) is 17.2 Å². The number of sulfone groups is 1. The smallest absolute Gasteiger partial charge is 0.268 e. The third-order valence-electron chi connectivity index (χ3n) is 4.29. The summed E-state index contributed by atoms with van der Waals surface area (Å²) < 4.78 is 24.9. The molecule has 2 aromatic heterocycles. The number of rotatable bonds is 4. The average molecular weight is 426 g/mol. The Morgan fingerprint density at radius 2 is 1.93 bits per heavy atom. The van der Waals surface area contributed by atoms with Crippen molar-refractivity contribution < 1.29 is 13.2 Å². The van der Waals surface area contributed by atoms with E-state index < -0.39 is 15.9 Å². The van der Waals surface area contributed by atoms with Crippen LogP contribution in [0.1, 0.15) is 29.0 Å². The molecular weight excluding hydrogens is 409 g/mol. The van der Waals surface area contributed by atoms with Crippen LogP contribution >= 0.6 is 23.2 Å². The van der Waals surface area contributed by atoms with Crippen molar-refractivity contribution >= 4 is 49.8 Å². The van der Waals surface area contributed by atoms with Crippen molar-refractivity contribution in [2.75, 3.05) is 6.26 Å². The van der Waals surface area contributed by atoms with E-state index in [4.69, 9.17) is 23.2 Å². The lowest BCUT2D eigenvalue weighted by Crippen LogP contribution is -2.28. The van der Waals surface area contributed by atoms with Gasteiger partial charge in [0.1, 0.15) is 5.69 Å². The third-order valence-corrected chi connectivity index (χ3v) is 5.84. The highest BCUT2D eigenvalue weighted by atomic mass is 35.5. The molecule has 9 heteroatoms. The van der Waals surface area contributed by atoms with E-state index in [0.29, 0.717) is 16.3 Å². The molecule has 1 amide bonds. The molecule has 1 atom stereocenters. The molecule has 142 valence electrons. The monoisotopic (exact) mass is 425 g/mol. The number of nitrogens with zero attached hydrogens (tertiary/aromatic N) is 2. The van der Waals surface area contributed by atoms with Gasteiger partial charge in [0.25, 0.3) is 5.91 Å². The molecule has 0 saturated carbocycles. The van der Waals surface area contributed by atoms with Gasteiger partial charge in [0.05, 0.1) is 11.1 Å². The Hall–Kier alpha value is -2.09. The quantitative estimate of drug-likeness (QED) is 0.689. The van der Waals surface area contributed by atoms with Gasteiger partial charge in [0.15, 0.2) is 14.9 Å². The Morgan fingerprint density at radius 3 is 2.56 bits per heavy atom. The third kappa shape index (κ3) is 3.95. The average Bonchev–Trinajstić information content (AvgIpc) is 2.90. The molecule has 0 fully saturated rings. The van der Waals surface area contributed by atoms with Gasteiger partial charge in [-0.2, -0.15) is 0 Å². The molecule has 6 nitrogen and oxygen atoms in total. The van der Waals surface area contributed by atoms with E-state index in [-0.39, 0.29) is 16.0 Å². The molecule has 0 radical (unpaired) electrons. The molecule has 0 aliphatic rings. The zero-order chi connectivity index (χ0) is 19.9. The van der Waals surface area contributed by atoms with Crippen molar-refractivity contribution in [1.29, 1.82) is 0 Å². The fraction of sp³-hybridized carbons (Fsp3) is 0.222. The van der Waals surface area contributed by atoms with Crippen LogP contribution in [0.2, 0.25) is 10.0 Å². The summed E-state index contributed by atoms with van der Waals surface area (Å²) in [6.07, 6.45) is 2.42. The molecule has 2 heterocycles. The zero-order valence-electron chi connectivity index (χ0n) is 14.8. The van der Waals surface area contributed by atoms with E-state index >= 15 is 0 Å². The van der Waals surface area contributed by atoms with Crippen LogP contribution in [0.4, 0.5) is 0 Å². The van der Waals surface area contributed by atoms with Crippen molar-refractivity contribution in [2.24, 2.45) is 7.05 Å². The minimum Gasteiger partial charge on any atom is -0.344 e. The Labute approximate surface area is 167 Å². The predicted molar refractivity (Wildman–Crippen MR) is 106 cm³/mol. The summed E-state index contributed by atoms with van der Waals surface area (Å²) >= 11 is 12.2. The van der Waals surface area contributed by atoms with E-state index in [1.54, 1.807) is 36.7 Å². The molecule has 1 N–H and O–H groups in total. The summed E-state index contributed by atoms with van der Waals surface area (Å²) in [6, 6.07) is 8.01. The maximum Gasteiger partial charge on any atom is 0.268 e. The Balaban J connectivity index is 1.87. The van der Waals surface area contributed by atoms with Crippen LogP contribution in [0.3, 0.4) is 0 Å². The first kappa shape index (κ1) is 19.7. The summed E-state index contributed by atoms with van der Waals surface area (Å²) in [7, 11) is -1.67. The van der Waals surface area contributed by atoms with Crippen LogP contribution in [0.15, 0.2) is 41.6 Å². The number of carbonyl (C=O) groups excluding carboxylic acids is 1. The fourth-order valence-electron chi connectivity index (χ4n) is 2.81. The molecule has 1 unspecified atom stereocenters. The molecule has 0 spiro atoms. The SMILES string of the molecule is CC(NC(=O)c1cc2ccc(Cl)cc2n1C)c1cnc(S(C)(=O)=O)cc1Cl. The first-order chi connectivity index (χ1) is 12.6. The van der Waals surface area contributed by atoms with E-state index in [2.05, 4.69) is 10.3 Å². The maximum atomic E-state index is 12.7. The molecular formula is C18H17Cl2N3O3S. The van der Waals surface area contributed by atoms with Gasteiger partial charge < -0.3 is 9.88 Å². The number of halogens is 2. The molecule has 1 aromatic carbocycles. The van der Waals surface area contributed by atoms with E-state index in [1.165, 1.54) is 12.3 Å². The Morgan fingerprint density at radius 1 is 1.22 bits per heavy atom. The lowest BCUT2D eigenvalue weighted by molar-refractivity contribution is 0.0932. The van der Waals surface area contributed by atoms with Crippen LogP contribution in [0.5, 0.6) is 0 Å². The highest BCUT2D eigenvalue weighted by Gasteiger charge is 2.20. The Kier molecular flexibility index (Phi) is 5.20.